The lowest BCUT2D eigenvalue weighted by molar-refractivity contribution is -0.113. The maximum Gasteiger partial charge on any atom is 0.295 e. The van der Waals surface area contributed by atoms with Crippen molar-refractivity contribution in [3.8, 4) is 5.69 Å². The topological polar surface area (TPSA) is 86.7 Å². The molecule has 0 fully saturated rings. The van der Waals surface area contributed by atoms with Crippen LogP contribution in [0.5, 0.6) is 0 Å². The maximum atomic E-state index is 12.8. The zero-order valence-corrected chi connectivity index (χ0v) is 15.7. The second-order valence-electron chi connectivity index (χ2n) is 5.67. The Morgan fingerprint density at radius 3 is 2.69 bits per heavy atom. The van der Waals surface area contributed by atoms with Gasteiger partial charge in [0.15, 0.2) is 5.16 Å². The van der Waals surface area contributed by atoms with E-state index in [1.54, 1.807) is 25.0 Å². The van der Waals surface area contributed by atoms with Crippen molar-refractivity contribution in [3.63, 3.8) is 0 Å². The largest absolute Gasteiger partial charge is 0.319 e. The molecule has 3 aromatic rings. The molecule has 0 aliphatic carbocycles. The van der Waals surface area contributed by atoms with Crippen molar-refractivity contribution < 1.29 is 4.79 Å². The van der Waals surface area contributed by atoms with Gasteiger partial charge < -0.3 is 9.88 Å². The zero-order valence-electron chi connectivity index (χ0n) is 14.8. The lowest BCUT2D eigenvalue weighted by atomic mass is 10.3. The summed E-state index contributed by atoms with van der Waals surface area (Å²) >= 11 is 1.29. The molecule has 0 saturated heterocycles. The molecule has 2 aromatic heterocycles. The molecule has 1 N–H and O–H groups in total. The number of nitrogens with one attached hydrogen (secondary N) is 1. The molecule has 2 heterocycles. The highest BCUT2D eigenvalue weighted by molar-refractivity contribution is 7.99. The highest BCUT2D eigenvalue weighted by atomic mass is 32.2. The van der Waals surface area contributed by atoms with E-state index >= 15 is 0 Å². The SMILES string of the molecule is CCn1cnnc1SCC(=O)Nc1c(C)n(C)n(-c2ccccc2)c1=O. The molecule has 0 aliphatic heterocycles. The Balaban J connectivity index is 1.78. The molecule has 0 saturated carbocycles. The average molecular weight is 372 g/mol. The van der Waals surface area contributed by atoms with Gasteiger partial charge >= 0.3 is 0 Å². The number of amides is 1. The second kappa shape index (κ2) is 7.61. The Hall–Kier alpha value is -2.81. The lowest BCUT2D eigenvalue weighted by Gasteiger charge is -2.07. The normalized spacial score (nSPS) is 10.9. The first kappa shape index (κ1) is 18.0. The van der Waals surface area contributed by atoms with Gasteiger partial charge in [0.25, 0.3) is 5.56 Å². The first-order valence-electron chi connectivity index (χ1n) is 8.17. The van der Waals surface area contributed by atoms with Crippen molar-refractivity contribution in [2.75, 3.05) is 11.1 Å². The first-order valence-corrected chi connectivity index (χ1v) is 9.16. The lowest BCUT2D eigenvalue weighted by Crippen LogP contribution is -2.23. The summed E-state index contributed by atoms with van der Waals surface area (Å²) in [5.74, 6) is -0.107. The minimum Gasteiger partial charge on any atom is -0.319 e. The molecule has 136 valence electrons. The maximum absolute atomic E-state index is 12.8. The molecule has 0 aliphatic rings. The second-order valence-corrected chi connectivity index (χ2v) is 6.62. The fourth-order valence-corrected chi connectivity index (χ4v) is 3.37. The van der Waals surface area contributed by atoms with Gasteiger partial charge in [-0.05, 0) is 26.0 Å². The third-order valence-electron chi connectivity index (χ3n) is 4.07. The van der Waals surface area contributed by atoms with Crippen LogP contribution < -0.4 is 10.9 Å². The van der Waals surface area contributed by atoms with Gasteiger partial charge in [0, 0.05) is 13.6 Å². The fourth-order valence-electron chi connectivity index (χ4n) is 2.59. The van der Waals surface area contributed by atoms with Gasteiger partial charge in [-0.15, -0.1) is 10.2 Å². The molecule has 0 unspecified atom stereocenters. The van der Waals surface area contributed by atoms with E-state index in [0.717, 1.165) is 12.2 Å². The number of rotatable bonds is 6. The van der Waals surface area contributed by atoms with Crippen molar-refractivity contribution >= 4 is 23.4 Å². The van der Waals surface area contributed by atoms with E-state index in [-0.39, 0.29) is 17.2 Å². The van der Waals surface area contributed by atoms with Crippen molar-refractivity contribution in [2.24, 2.45) is 7.05 Å². The number of carbonyl (C=O) groups is 1. The number of carbonyl (C=O) groups excluding carboxylic acids is 1. The molecule has 1 amide bonds. The molecule has 1 aromatic carbocycles. The van der Waals surface area contributed by atoms with Gasteiger partial charge in [0.2, 0.25) is 5.91 Å². The summed E-state index contributed by atoms with van der Waals surface area (Å²) in [6.07, 6.45) is 1.63. The molecule has 3 rings (SSSR count). The number of hydrogen-bond donors (Lipinski definition) is 1. The van der Waals surface area contributed by atoms with Crippen LogP contribution in [0.25, 0.3) is 5.69 Å². The Morgan fingerprint density at radius 1 is 1.27 bits per heavy atom. The predicted octanol–water partition coefficient (Wildman–Crippen LogP) is 1.83. The van der Waals surface area contributed by atoms with Crippen molar-refractivity contribution in [2.45, 2.75) is 25.5 Å². The number of benzene rings is 1. The van der Waals surface area contributed by atoms with Crippen LogP contribution in [0.1, 0.15) is 12.6 Å². The smallest absolute Gasteiger partial charge is 0.295 e. The molecule has 9 heteroatoms. The van der Waals surface area contributed by atoms with Crippen LogP contribution in [-0.2, 0) is 18.4 Å². The number of nitrogens with zero attached hydrogens (tertiary/aromatic N) is 5. The van der Waals surface area contributed by atoms with Crippen LogP contribution in [0.3, 0.4) is 0 Å². The molecular formula is C17H20N6O2S. The average Bonchev–Trinajstić information content (AvgIpc) is 3.19. The fraction of sp³-hybridized carbons (Fsp3) is 0.294. The van der Waals surface area contributed by atoms with Gasteiger partial charge in [0.05, 0.1) is 17.1 Å². The van der Waals surface area contributed by atoms with Crippen LogP contribution in [0.4, 0.5) is 5.69 Å². The van der Waals surface area contributed by atoms with Crippen molar-refractivity contribution in [3.05, 3.63) is 52.7 Å². The molecule has 0 radical (unpaired) electrons. The minimum atomic E-state index is -0.258. The summed E-state index contributed by atoms with van der Waals surface area (Å²) in [4.78, 5) is 25.1. The number of aryl methyl sites for hydroxylation is 1. The molecule has 0 spiro atoms. The molecule has 0 bridgehead atoms. The van der Waals surface area contributed by atoms with Crippen LogP contribution in [0.2, 0.25) is 0 Å². The molecule has 26 heavy (non-hydrogen) atoms. The minimum absolute atomic E-state index is 0.151. The number of thioether (sulfide) groups is 1. The predicted molar refractivity (Wildman–Crippen MR) is 101 cm³/mol. The highest BCUT2D eigenvalue weighted by Gasteiger charge is 2.18. The zero-order chi connectivity index (χ0) is 18.7. The van der Waals surface area contributed by atoms with E-state index in [1.807, 2.05) is 41.8 Å². The van der Waals surface area contributed by atoms with Crippen LogP contribution in [0.15, 0.2) is 46.6 Å². The molecule has 8 nitrogen and oxygen atoms in total. The van der Waals surface area contributed by atoms with E-state index in [1.165, 1.54) is 16.4 Å². The summed E-state index contributed by atoms with van der Waals surface area (Å²) in [5, 5.41) is 11.2. The van der Waals surface area contributed by atoms with E-state index in [2.05, 4.69) is 15.5 Å². The number of para-hydroxylation sites is 1. The van der Waals surface area contributed by atoms with Crippen molar-refractivity contribution in [1.82, 2.24) is 24.1 Å². The van der Waals surface area contributed by atoms with E-state index in [0.29, 0.717) is 16.5 Å². The number of anilines is 1. The number of aromatic nitrogens is 5. The Kier molecular flexibility index (Phi) is 5.27. The van der Waals surface area contributed by atoms with Gasteiger partial charge in [0.1, 0.15) is 12.0 Å². The highest BCUT2D eigenvalue weighted by Crippen LogP contribution is 2.17. The van der Waals surface area contributed by atoms with E-state index < -0.39 is 0 Å². The van der Waals surface area contributed by atoms with Gasteiger partial charge in [-0.25, -0.2) is 4.68 Å². The number of hydrogen-bond acceptors (Lipinski definition) is 5. The van der Waals surface area contributed by atoms with Crippen LogP contribution >= 0.6 is 11.8 Å². The Morgan fingerprint density at radius 2 is 2.00 bits per heavy atom. The summed E-state index contributed by atoms with van der Waals surface area (Å²) in [6, 6.07) is 9.31. The van der Waals surface area contributed by atoms with Gasteiger partial charge in [-0.2, -0.15) is 0 Å². The molecular weight excluding hydrogens is 352 g/mol. The quantitative estimate of drug-likeness (QED) is 0.667. The molecule has 0 atom stereocenters. The third-order valence-corrected chi connectivity index (χ3v) is 5.05. The standard InChI is InChI=1S/C17H20N6O2S/c1-4-22-11-18-20-17(22)26-10-14(24)19-15-12(2)21(3)23(16(15)25)13-8-6-5-7-9-13/h5-9,11H,4,10H2,1-3H3,(H,19,24). The van der Waals surface area contributed by atoms with Crippen LogP contribution in [-0.4, -0.2) is 35.8 Å². The summed E-state index contributed by atoms with van der Waals surface area (Å²) in [5.41, 5.74) is 1.47. The van der Waals surface area contributed by atoms with Gasteiger partial charge in [-0.1, -0.05) is 30.0 Å². The summed E-state index contributed by atoms with van der Waals surface area (Å²) in [6.45, 7) is 4.51. The third kappa shape index (κ3) is 3.43. The Labute approximate surface area is 154 Å². The van der Waals surface area contributed by atoms with Gasteiger partial charge in [-0.3, -0.25) is 14.3 Å². The monoisotopic (exact) mass is 372 g/mol. The first-order chi connectivity index (χ1) is 12.5. The summed E-state index contributed by atoms with van der Waals surface area (Å²) < 4.78 is 5.12. The van der Waals surface area contributed by atoms with Crippen LogP contribution in [0, 0.1) is 6.92 Å². The van der Waals surface area contributed by atoms with Crippen molar-refractivity contribution in [1.29, 1.82) is 0 Å². The summed E-state index contributed by atoms with van der Waals surface area (Å²) in [7, 11) is 1.79. The Bertz CT molecular complexity index is 973. The van der Waals surface area contributed by atoms with E-state index in [9.17, 15) is 9.59 Å². The van der Waals surface area contributed by atoms with E-state index in [4.69, 9.17) is 0 Å².